The van der Waals surface area contributed by atoms with Gasteiger partial charge < -0.3 is 20.0 Å². The molecule has 0 saturated carbocycles. The Balaban J connectivity index is 1.85. The van der Waals surface area contributed by atoms with E-state index in [-0.39, 0.29) is 22.9 Å². The van der Waals surface area contributed by atoms with E-state index in [1.807, 2.05) is 25.7 Å². The molecule has 1 saturated heterocycles. The van der Waals surface area contributed by atoms with Crippen LogP contribution in [0.1, 0.15) is 44.0 Å². The number of aliphatic hydroxyl groups excluding tert-OH is 1. The van der Waals surface area contributed by atoms with Gasteiger partial charge in [-0.1, -0.05) is 25.4 Å². The maximum absolute atomic E-state index is 13.6. The van der Waals surface area contributed by atoms with E-state index in [0.717, 1.165) is 17.7 Å². The van der Waals surface area contributed by atoms with Gasteiger partial charge in [-0.2, -0.15) is 4.31 Å². The highest BCUT2D eigenvalue weighted by Gasteiger charge is 2.30. The second-order valence-corrected chi connectivity index (χ2v) is 11.2. The van der Waals surface area contributed by atoms with Gasteiger partial charge in [-0.15, -0.1) is 5.10 Å². The molecule has 0 spiro atoms. The van der Waals surface area contributed by atoms with E-state index in [2.05, 4.69) is 10.1 Å². The van der Waals surface area contributed by atoms with Crippen molar-refractivity contribution in [3.63, 3.8) is 0 Å². The van der Waals surface area contributed by atoms with Crippen LogP contribution in [-0.2, 0) is 22.9 Å². The van der Waals surface area contributed by atoms with Crippen LogP contribution in [-0.4, -0.2) is 94.7 Å². The number of H-pyrrole nitrogens is 1. The van der Waals surface area contributed by atoms with Crippen LogP contribution < -0.4 is 10.3 Å². The summed E-state index contributed by atoms with van der Waals surface area (Å²) in [6.07, 6.45) is 3.22. The van der Waals surface area contributed by atoms with Gasteiger partial charge in [0.05, 0.1) is 35.6 Å². The SMILES string of the molecule is CCCc1c(C=NO)c(CC)c2c(=O)[nH]c(-c3cc(S(=O)(=O)N4CCN(CCO)CC4)ccc3OCC)nn12. The zero-order valence-electron chi connectivity index (χ0n) is 22.6. The number of nitrogens with zero attached hydrogens (tertiary/aromatic N) is 5. The second-order valence-electron chi connectivity index (χ2n) is 9.31. The van der Waals surface area contributed by atoms with Gasteiger partial charge >= 0.3 is 0 Å². The Kier molecular flexibility index (Phi) is 9.05. The number of fused-ring (bicyclic) bond motifs is 1. The minimum atomic E-state index is -3.83. The van der Waals surface area contributed by atoms with E-state index >= 15 is 0 Å². The van der Waals surface area contributed by atoms with Crippen molar-refractivity contribution in [3.8, 4) is 17.1 Å². The highest BCUT2D eigenvalue weighted by Crippen LogP contribution is 2.32. The third-order valence-electron chi connectivity index (χ3n) is 6.95. The number of aryl methyl sites for hydroxylation is 2. The number of aromatic nitrogens is 3. The van der Waals surface area contributed by atoms with Gasteiger partial charge in [0.25, 0.3) is 5.56 Å². The lowest BCUT2D eigenvalue weighted by molar-refractivity contribution is 0.151. The maximum Gasteiger partial charge on any atom is 0.275 e. The molecule has 0 unspecified atom stereocenters. The summed E-state index contributed by atoms with van der Waals surface area (Å²) in [6.45, 7) is 8.29. The Labute approximate surface area is 227 Å². The number of β-amino-alcohol motifs (C(OH)–C–C–N with tert-alkyl or cyclic N) is 1. The summed E-state index contributed by atoms with van der Waals surface area (Å²) in [7, 11) is -3.83. The number of piperazine rings is 1. The molecule has 212 valence electrons. The molecule has 39 heavy (non-hydrogen) atoms. The highest BCUT2D eigenvalue weighted by molar-refractivity contribution is 7.89. The summed E-state index contributed by atoms with van der Waals surface area (Å²) in [5, 5.41) is 26.4. The molecule has 0 bridgehead atoms. The lowest BCUT2D eigenvalue weighted by Crippen LogP contribution is -2.49. The molecular formula is C26H36N6O6S. The molecule has 3 N–H and O–H groups in total. The number of sulfonamides is 1. The fourth-order valence-electron chi connectivity index (χ4n) is 5.10. The summed E-state index contributed by atoms with van der Waals surface area (Å²) in [4.78, 5) is 18.3. The van der Waals surface area contributed by atoms with Crippen LogP contribution >= 0.6 is 0 Å². The van der Waals surface area contributed by atoms with Crippen LogP contribution in [0.3, 0.4) is 0 Å². The van der Waals surface area contributed by atoms with Crippen LogP contribution in [0, 0.1) is 0 Å². The summed E-state index contributed by atoms with van der Waals surface area (Å²) in [5.41, 5.74) is 2.43. The Morgan fingerprint density at radius 2 is 1.92 bits per heavy atom. The van der Waals surface area contributed by atoms with Gasteiger partial charge in [0.2, 0.25) is 10.0 Å². The first-order chi connectivity index (χ1) is 18.8. The number of aromatic amines is 1. The zero-order chi connectivity index (χ0) is 28.2. The minimum Gasteiger partial charge on any atom is -0.493 e. The monoisotopic (exact) mass is 560 g/mol. The number of hydrogen-bond acceptors (Lipinski definition) is 9. The lowest BCUT2D eigenvalue weighted by atomic mass is 10.1. The summed E-state index contributed by atoms with van der Waals surface area (Å²) in [5.74, 6) is 0.562. The predicted octanol–water partition coefficient (Wildman–Crippen LogP) is 1.71. The van der Waals surface area contributed by atoms with E-state index in [0.29, 0.717) is 74.6 Å². The third kappa shape index (κ3) is 5.57. The molecule has 3 aromatic rings. The van der Waals surface area contributed by atoms with Crippen LogP contribution in [0.2, 0.25) is 0 Å². The molecule has 1 aliphatic rings. The molecule has 3 heterocycles. The van der Waals surface area contributed by atoms with E-state index in [1.54, 1.807) is 10.6 Å². The largest absolute Gasteiger partial charge is 0.493 e. The number of aliphatic hydroxyl groups is 1. The molecule has 4 rings (SSSR count). The molecule has 12 nitrogen and oxygen atoms in total. The smallest absolute Gasteiger partial charge is 0.275 e. The first-order valence-corrected chi connectivity index (χ1v) is 14.7. The normalized spacial score (nSPS) is 15.5. The Hall–Kier alpha value is -3.26. The average Bonchev–Trinajstić information content (AvgIpc) is 3.22. The lowest BCUT2D eigenvalue weighted by Gasteiger charge is -2.33. The molecule has 1 aromatic carbocycles. The molecule has 1 aliphatic heterocycles. The van der Waals surface area contributed by atoms with E-state index in [9.17, 15) is 23.5 Å². The average molecular weight is 561 g/mol. The van der Waals surface area contributed by atoms with Crippen molar-refractivity contribution in [1.29, 1.82) is 0 Å². The summed E-state index contributed by atoms with van der Waals surface area (Å²) >= 11 is 0. The quantitative estimate of drug-likeness (QED) is 0.182. The molecule has 13 heteroatoms. The number of ether oxygens (including phenoxy) is 1. The highest BCUT2D eigenvalue weighted by atomic mass is 32.2. The van der Waals surface area contributed by atoms with Crippen LogP contribution in [0.15, 0.2) is 33.0 Å². The van der Waals surface area contributed by atoms with Crippen molar-refractivity contribution in [1.82, 2.24) is 23.8 Å². The second kappa shape index (κ2) is 12.3. The fourth-order valence-corrected chi connectivity index (χ4v) is 6.55. The van der Waals surface area contributed by atoms with Gasteiger partial charge in [-0.05, 0) is 43.5 Å². The van der Waals surface area contributed by atoms with Crippen molar-refractivity contribution < 1.29 is 23.5 Å². The summed E-state index contributed by atoms with van der Waals surface area (Å²) < 4.78 is 35.9. The van der Waals surface area contributed by atoms with Crippen molar-refractivity contribution in [2.45, 2.75) is 44.9 Å². The Morgan fingerprint density at radius 3 is 2.54 bits per heavy atom. The molecule has 0 amide bonds. The Morgan fingerprint density at radius 1 is 1.18 bits per heavy atom. The number of rotatable bonds is 11. The van der Waals surface area contributed by atoms with Gasteiger partial charge in [-0.3, -0.25) is 9.69 Å². The fraction of sp³-hybridized carbons (Fsp3) is 0.500. The first-order valence-electron chi connectivity index (χ1n) is 13.2. The maximum atomic E-state index is 13.6. The van der Waals surface area contributed by atoms with Crippen molar-refractivity contribution in [2.24, 2.45) is 5.16 Å². The van der Waals surface area contributed by atoms with Crippen LogP contribution in [0.4, 0.5) is 0 Å². The number of oxime groups is 1. The van der Waals surface area contributed by atoms with Gasteiger partial charge in [0, 0.05) is 38.3 Å². The molecule has 2 aromatic heterocycles. The molecular weight excluding hydrogens is 524 g/mol. The van der Waals surface area contributed by atoms with E-state index in [1.165, 1.54) is 22.7 Å². The molecule has 1 fully saturated rings. The summed E-state index contributed by atoms with van der Waals surface area (Å²) in [6, 6.07) is 4.58. The van der Waals surface area contributed by atoms with Crippen molar-refractivity contribution >= 4 is 21.8 Å². The standard InChI is InChI=1S/C26H36N6O6S/c1-4-7-22-21(17-27-35)19(5-2)24-26(34)28-25(29-32(22)24)20-16-18(8-9-23(20)38-6-3)39(36,37)31-12-10-30(11-13-31)14-15-33/h8-9,16-17,33,35H,4-7,10-15H2,1-3H3,(H,28,29,34). The predicted molar refractivity (Wildman–Crippen MR) is 147 cm³/mol. The zero-order valence-corrected chi connectivity index (χ0v) is 23.4. The van der Waals surface area contributed by atoms with Crippen LogP contribution in [0.25, 0.3) is 16.9 Å². The first kappa shape index (κ1) is 28.7. The number of benzene rings is 1. The molecule has 0 aliphatic carbocycles. The van der Waals surface area contributed by atoms with Gasteiger partial charge in [-0.25, -0.2) is 12.9 Å². The van der Waals surface area contributed by atoms with Crippen LogP contribution in [0.5, 0.6) is 5.75 Å². The van der Waals surface area contributed by atoms with Gasteiger partial charge in [0.15, 0.2) is 5.82 Å². The van der Waals surface area contributed by atoms with Gasteiger partial charge in [0.1, 0.15) is 11.3 Å². The third-order valence-corrected chi connectivity index (χ3v) is 8.85. The van der Waals surface area contributed by atoms with Crippen molar-refractivity contribution in [2.75, 3.05) is 45.9 Å². The number of nitrogens with one attached hydrogen (secondary N) is 1. The Bertz CT molecular complexity index is 1510. The van der Waals surface area contributed by atoms with E-state index < -0.39 is 10.0 Å². The molecule has 0 radical (unpaired) electrons. The minimum absolute atomic E-state index is 0.0277. The molecule has 0 atom stereocenters. The topological polar surface area (TPSA) is 153 Å². The number of hydrogen-bond donors (Lipinski definition) is 3. The van der Waals surface area contributed by atoms with E-state index in [4.69, 9.17) is 9.84 Å². The van der Waals surface area contributed by atoms with Crippen molar-refractivity contribution in [3.05, 3.63) is 45.4 Å².